The SMILES string of the molecule is Cc1ccc(CN(Cc2nc[nH]c2C)C2CC(C)(C)NC(C)(C)C2)o1.O=C(O)CC(O)(CC(=O)O)C(=O)O. The lowest BCUT2D eigenvalue weighted by Crippen LogP contribution is -2.62. The normalized spacial score (nSPS) is 17.1. The third kappa shape index (κ3) is 9.26. The molecule has 0 aliphatic carbocycles. The Hall–Kier alpha value is -3.22. The van der Waals surface area contributed by atoms with Crippen molar-refractivity contribution in [3.63, 3.8) is 0 Å². The van der Waals surface area contributed by atoms with Gasteiger partial charge in [0.05, 0.1) is 31.4 Å². The molecule has 0 radical (unpaired) electrons. The number of aliphatic carboxylic acids is 3. The lowest BCUT2D eigenvalue weighted by molar-refractivity contribution is -0.170. The van der Waals surface area contributed by atoms with Crippen LogP contribution in [0.25, 0.3) is 0 Å². The van der Waals surface area contributed by atoms with Crippen LogP contribution in [-0.4, -0.2) is 75.9 Å². The maximum absolute atomic E-state index is 10.3. The summed E-state index contributed by atoms with van der Waals surface area (Å²) in [5.41, 5.74) is -0.239. The molecular weight excluding hydrogens is 496 g/mol. The molecule has 1 fully saturated rings. The highest BCUT2D eigenvalue weighted by Crippen LogP contribution is 2.33. The number of hydrogen-bond donors (Lipinski definition) is 6. The average molecular weight is 537 g/mol. The van der Waals surface area contributed by atoms with Crippen LogP contribution in [0, 0.1) is 13.8 Å². The topological polar surface area (TPSA) is 189 Å². The summed E-state index contributed by atoms with van der Waals surface area (Å²) >= 11 is 0. The number of carboxylic acids is 3. The lowest BCUT2D eigenvalue weighted by Gasteiger charge is -2.49. The largest absolute Gasteiger partial charge is 0.481 e. The summed E-state index contributed by atoms with van der Waals surface area (Å²) in [6, 6.07) is 4.62. The van der Waals surface area contributed by atoms with Gasteiger partial charge in [-0.2, -0.15) is 0 Å². The van der Waals surface area contributed by atoms with E-state index in [9.17, 15) is 14.4 Å². The number of furan rings is 1. The highest BCUT2D eigenvalue weighted by atomic mass is 16.4. The molecule has 212 valence electrons. The minimum absolute atomic E-state index is 0.115. The van der Waals surface area contributed by atoms with Crippen molar-refractivity contribution in [2.24, 2.45) is 0 Å². The fraction of sp³-hybridized carbons (Fsp3) is 0.615. The van der Waals surface area contributed by atoms with Crippen molar-refractivity contribution in [3.05, 3.63) is 41.4 Å². The van der Waals surface area contributed by atoms with Gasteiger partial charge in [-0.25, -0.2) is 9.78 Å². The van der Waals surface area contributed by atoms with Crippen molar-refractivity contribution < 1.29 is 39.2 Å². The Balaban J connectivity index is 0.000000332. The molecule has 0 aromatic carbocycles. The van der Waals surface area contributed by atoms with Crippen LogP contribution < -0.4 is 5.32 Å². The number of H-pyrrole nitrogens is 1. The number of nitrogens with one attached hydrogen (secondary N) is 2. The first-order valence-corrected chi connectivity index (χ1v) is 12.4. The molecule has 0 unspecified atom stereocenters. The van der Waals surface area contributed by atoms with Crippen molar-refractivity contribution in [3.8, 4) is 0 Å². The number of carboxylic acid groups (broad SMARTS) is 3. The number of aromatic nitrogens is 2. The van der Waals surface area contributed by atoms with Crippen LogP contribution in [0.2, 0.25) is 0 Å². The fourth-order valence-corrected chi connectivity index (χ4v) is 5.06. The van der Waals surface area contributed by atoms with Crippen molar-refractivity contribution in [1.82, 2.24) is 20.2 Å². The molecule has 38 heavy (non-hydrogen) atoms. The molecule has 1 aliphatic heterocycles. The van der Waals surface area contributed by atoms with E-state index in [1.807, 2.05) is 13.0 Å². The highest BCUT2D eigenvalue weighted by Gasteiger charge is 2.41. The van der Waals surface area contributed by atoms with E-state index in [0.29, 0.717) is 6.04 Å². The van der Waals surface area contributed by atoms with Gasteiger partial charge in [-0.05, 0) is 66.5 Å². The van der Waals surface area contributed by atoms with Gasteiger partial charge < -0.3 is 35.1 Å². The fourth-order valence-electron chi connectivity index (χ4n) is 5.06. The Morgan fingerprint density at radius 2 is 1.58 bits per heavy atom. The van der Waals surface area contributed by atoms with Crippen LogP contribution in [0.5, 0.6) is 0 Å². The third-order valence-electron chi connectivity index (χ3n) is 6.41. The number of aliphatic hydroxyl groups is 1. The molecule has 0 bridgehead atoms. The molecule has 3 rings (SSSR count). The van der Waals surface area contributed by atoms with Crippen molar-refractivity contribution >= 4 is 17.9 Å². The van der Waals surface area contributed by atoms with E-state index in [2.05, 4.69) is 60.9 Å². The van der Waals surface area contributed by atoms with Gasteiger partial charge in [0.15, 0.2) is 5.60 Å². The zero-order valence-corrected chi connectivity index (χ0v) is 22.9. The molecule has 0 spiro atoms. The van der Waals surface area contributed by atoms with Gasteiger partial charge in [-0.3, -0.25) is 14.5 Å². The highest BCUT2D eigenvalue weighted by molar-refractivity contribution is 5.88. The molecule has 2 aromatic rings. The summed E-state index contributed by atoms with van der Waals surface area (Å²) in [7, 11) is 0. The number of piperidine rings is 1. The molecule has 0 saturated carbocycles. The van der Waals surface area contributed by atoms with Gasteiger partial charge in [-0.15, -0.1) is 0 Å². The maximum Gasteiger partial charge on any atom is 0.336 e. The smallest absolute Gasteiger partial charge is 0.336 e. The number of aromatic amines is 1. The molecule has 0 atom stereocenters. The lowest BCUT2D eigenvalue weighted by atomic mass is 9.79. The third-order valence-corrected chi connectivity index (χ3v) is 6.41. The van der Waals surface area contributed by atoms with E-state index in [4.69, 9.17) is 24.8 Å². The van der Waals surface area contributed by atoms with Crippen molar-refractivity contribution in [2.45, 2.75) is 103 Å². The van der Waals surface area contributed by atoms with Gasteiger partial charge >= 0.3 is 17.9 Å². The predicted octanol–water partition coefficient (Wildman–Crippen LogP) is 2.68. The second kappa shape index (κ2) is 12.1. The van der Waals surface area contributed by atoms with E-state index < -0.39 is 36.4 Å². The predicted molar refractivity (Wildman–Crippen MR) is 137 cm³/mol. The van der Waals surface area contributed by atoms with E-state index in [0.717, 1.165) is 48.8 Å². The average Bonchev–Trinajstić information content (AvgIpc) is 3.32. The molecule has 2 aromatic heterocycles. The number of rotatable bonds is 10. The molecule has 6 N–H and O–H groups in total. The maximum atomic E-state index is 10.3. The Bertz CT molecular complexity index is 1090. The molecule has 3 heterocycles. The molecule has 12 nitrogen and oxygen atoms in total. The summed E-state index contributed by atoms with van der Waals surface area (Å²) < 4.78 is 5.87. The molecule has 0 amide bonds. The van der Waals surface area contributed by atoms with Gasteiger partial charge in [0.25, 0.3) is 0 Å². The Kier molecular flexibility index (Phi) is 9.87. The van der Waals surface area contributed by atoms with E-state index in [-0.39, 0.29) is 11.1 Å². The van der Waals surface area contributed by atoms with Gasteiger partial charge in [-0.1, -0.05) is 0 Å². The summed E-state index contributed by atoms with van der Waals surface area (Å²) in [4.78, 5) is 40.7. The second-order valence-corrected chi connectivity index (χ2v) is 11.3. The second-order valence-electron chi connectivity index (χ2n) is 11.3. The minimum Gasteiger partial charge on any atom is -0.481 e. The van der Waals surface area contributed by atoms with Crippen LogP contribution in [0.4, 0.5) is 0 Å². The van der Waals surface area contributed by atoms with Crippen molar-refractivity contribution in [2.75, 3.05) is 0 Å². The van der Waals surface area contributed by atoms with E-state index in [1.54, 1.807) is 6.33 Å². The quantitative estimate of drug-likeness (QED) is 0.262. The standard InChI is InChI=1S/C20H32N4O.C6H8O7/c1-14-7-8-17(25-14)11-24(12-18-15(2)21-13-22-18)16-9-19(3,4)23-20(5,6)10-16;7-3(8)1-6(13,5(11)12)2-4(9)10/h7-8,13,16,23H,9-12H2,1-6H3,(H,21,22);13H,1-2H2,(H,7,8)(H,9,10)(H,11,12). The first kappa shape index (κ1) is 31.0. The first-order chi connectivity index (χ1) is 17.4. The Morgan fingerprint density at radius 1 is 1.03 bits per heavy atom. The number of nitrogens with zero attached hydrogens (tertiary/aromatic N) is 2. The van der Waals surface area contributed by atoms with Gasteiger partial charge in [0, 0.05) is 29.4 Å². The van der Waals surface area contributed by atoms with Crippen LogP contribution in [0.3, 0.4) is 0 Å². The molecule has 12 heteroatoms. The number of aryl methyl sites for hydroxylation is 2. The Labute approximate surface area is 222 Å². The Morgan fingerprint density at radius 3 is 1.97 bits per heavy atom. The first-order valence-electron chi connectivity index (χ1n) is 12.4. The van der Waals surface area contributed by atoms with Gasteiger partial charge in [0.2, 0.25) is 0 Å². The van der Waals surface area contributed by atoms with Crippen LogP contribution in [0.15, 0.2) is 22.9 Å². The summed E-state index contributed by atoms with van der Waals surface area (Å²) in [5.74, 6) is -3.02. The minimum atomic E-state index is -2.74. The summed E-state index contributed by atoms with van der Waals surface area (Å²) in [6.45, 7) is 15.0. The number of imidazole rings is 1. The zero-order chi connectivity index (χ0) is 28.9. The van der Waals surface area contributed by atoms with Crippen LogP contribution in [0.1, 0.15) is 76.3 Å². The number of hydrogen-bond acceptors (Lipinski definition) is 8. The van der Waals surface area contributed by atoms with E-state index >= 15 is 0 Å². The summed E-state index contributed by atoms with van der Waals surface area (Å²) in [6.07, 6.45) is 1.72. The van der Waals surface area contributed by atoms with Gasteiger partial charge in [0.1, 0.15) is 11.5 Å². The zero-order valence-electron chi connectivity index (χ0n) is 22.9. The van der Waals surface area contributed by atoms with Crippen molar-refractivity contribution in [1.29, 1.82) is 0 Å². The molecule has 1 aliphatic rings. The van der Waals surface area contributed by atoms with Crippen LogP contribution >= 0.6 is 0 Å². The monoisotopic (exact) mass is 536 g/mol. The summed E-state index contributed by atoms with van der Waals surface area (Å²) in [5, 5.41) is 37.6. The molecule has 1 saturated heterocycles. The van der Waals surface area contributed by atoms with Crippen LogP contribution in [-0.2, 0) is 27.5 Å². The molecular formula is C26H40N4O8. The van der Waals surface area contributed by atoms with E-state index in [1.165, 1.54) is 0 Å². The number of carbonyl (C=O) groups is 3.